The summed E-state index contributed by atoms with van der Waals surface area (Å²) in [5.74, 6) is 1.03. The molecule has 22 heavy (non-hydrogen) atoms. The second-order valence-corrected chi connectivity index (χ2v) is 4.98. The number of nitrogens with zero attached hydrogens (tertiary/aromatic N) is 2. The van der Waals surface area contributed by atoms with Crippen LogP contribution >= 0.6 is 0 Å². The first-order valence-corrected chi connectivity index (χ1v) is 6.90. The van der Waals surface area contributed by atoms with Crippen molar-refractivity contribution in [1.82, 2.24) is 9.97 Å². The fourth-order valence-electron chi connectivity index (χ4n) is 2.08. The summed E-state index contributed by atoms with van der Waals surface area (Å²) < 4.78 is 5.49. The van der Waals surface area contributed by atoms with Gasteiger partial charge in [0.2, 0.25) is 5.89 Å². The third kappa shape index (κ3) is 3.03. The molecule has 3 rings (SSSR count). The predicted octanol–water partition coefficient (Wildman–Crippen LogP) is 3.61. The first-order chi connectivity index (χ1) is 10.6. The molecule has 2 aromatic heterocycles. The number of carbonyl (C=O) groups is 1. The molecule has 0 bridgehead atoms. The molecule has 0 radical (unpaired) electrons. The van der Waals surface area contributed by atoms with Gasteiger partial charge in [0, 0.05) is 16.9 Å². The number of aromatic nitrogens is 2. The summed E-state index contributed by atoms with van der Waals surface area (Å²) >= 11 is 0. The van der Waals surface area contributed by atoms with Gasteiger partial charge in [-0.3, -0.25) is 4.79 Å². The first-order valence-electron chi connectivity index (χ1n) is 6.90. The molecule has 110 valence electrons. The molecule has 0 unspecified atom stereocenters. The predicted molar refractivity (Wildman–Crippen MR) is 83.6 cm³/mol. The number of anilines is 1. The van der Waals surface area contributed by atoms with Gasteiger partial charge >= 0.3 is 0 Å². The zero-order valence-electron chi connectivity index (χ0n) is 12.3. The molecule has 5 heteroatoms. The van der Waals surface area contributed by atoms with E-state index in [1.54, 1.807) is 12.3 Å². The van der Waals surface area contributed by atoms with Crippen molar-refractivity contribution in [2.24, 2.45) is 0 Å². The highest BCUT2D eigenvalue weighted by atomic mass is 16.4. The zero-order chi connectivity index (χ0) is 15.5. The van der Waals surface area contributed by atoms with E-state index in [-0.39, 0.29) is 5.91 Å². The third-order valence-corrected chi connectivity index (χ3v) is 3.11. The van der Waals surface area contributed by atoms with Crippen molar-refractivity contribution in [1.29, 1.82) is 0 Å². The Morgan fingerprint density at radius 1 is 1.14 bits per heavy atom. The third-order valence-electron chi connectivity index (χ3n) is 3.11. The normalized spacial score (nSPS) is 10.5. The lowest BCUT2D eigenvalue weighted by Crippen LogP contribution is -2.13. The van der Waals surface area contributed by atoms with Crippen LogP contribution in [0.1, 0.15) is 21.9 Å². The van der Waals surface area contributed by atoms with Crippen LogP contribution in [0, 0.1) is 13.8 Å². The Hall–Kier alpha value is -2.95. The van der Waals surface area contributed by atoms with E-state index in [0.717, 1.165) is 17.0 Å². The SMILES string of the molecule is Cc1cccc(C(=O)Nc2cccc(-c3ncc(C)o3)c2)n1. The van der Waals surface area contributed by atoms with Gasteiger partial charge in [-0.2, -0.15) is 0 Å². The minimum Gasteiger partial charge on any atom is -0.441 e. The molecule has 0 fully saturated rings. The van der Waals surface area contributed by atoms with Crippen LogP contribution in [-0.4, -0.2) is 15.9 Å². The monoisotopic (exact) mass is 293 g/mol. The highest BCUT2D eigenvalue weighted by Gasteiger charge is 2.10. The van der Waals surface area contributed by atoms with Crippen LogP contribution in [0.15, 0.2) is 53.1 Å². The van der Waals surface area contributed by atoms with E-state index < -0.39 is 0 Å². The molecule has 5 nitrogen and oxygen atoms in total. The van der Waals surface area contributed by atoms with Crippen LogP contribution in [0.3, 0.4) is 0 Å². The van der Waals surface area contributed by atoms with Gasteiger partial charge in [0.05, 0.1) is 6.20 Å². The standard InChI is InChI=1S/C17H15N3O2/c1-11-5-3-8-15(19-11)16(21)20-14-7-4-6-13(9-14)17-18-10-12(2)22-17/h3-10H,1-2H3,(H,20,21). The van der Waals surface area contributed by atoms with E-state index in [1.807, 2.05) is 50.2 Å². The number of benzene rings is 1. The molecule has 0 atom stereocenters. The Kier molecular flexibility index (Phi) is 3.70. The van der Waals surface area contributed by atoms with Crippen molar-refractivity contribution in [2.75, 3.05) is 5.32 Å². The molecule has 0 saturated heterocycles. The van der Waals surface area contributed by atoms with Crippen molar-refractivity contribution in [3.8, 4) is 11.5 Å². The number of pyridine rings is 1. The van der Waals surface area contributed by atoms with E-state index in [2.05, 4.69) is 15.3 Å². The van der Waals surface area contributed by atoms with E-state index in [0.29, 0.717) is 17.3 Å². The van der Waals surface area contributed by atoms with E-state index in [9.17, 15) is 4.79 Å². The van der Waals surface area contributed by atoms with Crippen molar-refractivity contribution in [2.45, 2.75) is 13.8 Å². The van der Waals surface area contributed by atoms with Crippen molar-refractivity contribution >= 4 is 11.6 Å². The number of hydrogen-bond acceptors (Lipinski definition) is 4. The van der Waals surface area contributed by atoms with Gasteiger partial charge in [-0.15, -0.1) is 0 Å². The minimum atomic E-state index is -0.246. The average molecular weight is 293 g/mol. The molecular weight excluding hydrogens is 278 g/mol. The minimum absolute atomic E-state index is 0.246. The Bertz CT molecular complexity index is 824. The van der Waals surface area contributed by atoms with Gasteiger partial charge in [-0.1, -0.05) is 12.1 Å². The first kappa shape index (κ1) is 14.0. The summed E-state index contributed by atoms with van der Waals surface area (Å²) in [4.78, 5) is 20.6. The molecule has 1 aromatic carbocycles. The van der Waals surface area contributed by atoms with Gasteiger partial charge in [0.1, 0.15) is 11.5 Å². The van der Waals surface area contributed by atoms with Crippen molar-refractivity contribution < 1.29 is 9.21 Å². The maximum absolute atomic E-state index is 12.2. The molecule has 0 aliphatic heterocycles. The summed E-state index contributed by atoms with van der Waals surface area (Å²) in [6, 6.07) is 12.7. The molecule has 1 amide bonds. The van der Waals surface area contributed by atoms with Gasteiger partial charge in [-0.25, -0.2) is 9.97 Å². The highest BCUT2D eigenvalue weighted by molar-refractivity contribution is 6.03. The van der Waals surface area contributed by atoms with Gasteiger partial charge < -0.3 is 9.73 Å². The van der Waals surface area contributed by atoms with Crippen LogP contribution in [0.5, 0.6) is 0 Å². The lowest BCUT2D eigenvalue weighted by molar-refractivity contribution is 0.102. The van der Waals surface area contributed by atoms with Crippen LogP contribution in [0.4, 0.5) is 5.69 Å². The van der Waals surface area contributed by atoms with Gasteiger partial charge in [0.15, 0.2) is 0 Å². The Balaban J connectivity index is 1.82. The number of aryl methyl sites for hydroxylation is 2. The molecular formula is C17H15N3O2. The van der Waals surface area contributed by atoms with E-state index in [4.69, 9.17) is 4.42 Å². The van der Waals surface area contributed by atoms with Gasteiger partial charge in [-0.05, 0) is 44.2 Å². The van der Waals surface area contributed by atoms with Crippen LogP contribution in [0.2, 0.25) is 0 Å². The summed E-state index contributed by atoms with van der Waals surface area (Å²) in [6.45, 7) is 3.69. The maximum atomic E-state index is 12.2. The van der Waals surface area contributed by atoms with Crippen molar-refractivity contribution in [3.05, 3.63) is 65.8 Å². The Morgan fingerprint density at radius 2 is 1.95 bits per heavy atom. The van der Waals surface area contributed by atoms with Crippen LogP contribution in [-0.2, 0) is 0 Å². The molecule has 1 N–H and O–H groups in total. The Morgan fingerprint density at radius 3 is 2.68 bits per heavy atom. The number of rotatable bonds is 3. The maximum Gasteiger partial charge on any atom is 0.274 e. The summed E-state index contributed by atoms with van der Waals surface area (Å²) in [5, 5.41) is 2.83. The molecule has 0 spiro atoms. The number of nitrogens with one attached hydrogen (secondary N) is 1. The van der Waals surface area contributed by atoms with Gasteiger partial charge in [0.25, 0.3) is 5.91 Å². The molecule has 0 aliphatic carbocycles. The fourth-order valence-corrected chi connectivity index (χ4v) is 2.08. The smallest absolute Gasteiger partial charge is 0.274 e. The fraction of sp³-hybridized carbons (Fsp3) is 0.118. The summed E-state index contributed by atoms with van der Waals surface area (Å²) in [6.07, 6.45) is 1.66. The number of amides is 1. The Labute approximate surface area is 128 Å². The number of carbonyl (C=O) groups excluding carboxylic acids is 1. The zero-order valence-corrected chi connectivity index (χ0v) is 12.3. The summed E-state index contributed by atoms with van der Waals surface area (Å²) in [5.41, 5.74) is 2.67. The lowest BCUT2D eigenvalue weighted by atomic mass is 10.2. The second kappa shape index (κ2) is 5.81. The van der Waals surface area contributed by atoms with Crippen LogP contribution in [0.25, 0.3) is 11.5 Å². The quantitative estimate of drug-likeness (QED) is 0.801. The molecule has 0 aliphatic rings. The molecule has 0 saturated carbocycles. The van der Waals surface area contributed by atoms with Crippen molar-refractivity contribution in [3.63, 3.8) is 0 Å². The molecule has 2 heterocycles. The lowest BCUT2D eigenvalue weighted by Gasteiger charge is -2.06. The summed E-state index contributed by atoms with van der Waals surface area (Å²) in [7, 11) is 0. The number of hydrogen-bond donors (Lipinski definition) is 1. The number of oxazole rings is 1. The topological polar surface area (TPSA) is 68.0 Å². The van der Waals surface area contributed by atoms with Crippen LogP contribution < -0.4 is 5.32 Å². The van der Waals surface area contributed by atoms with E-state index in [1.165, 1.54) is 0 Å². The van der Waals surface area contributed by atoms with E-state index >= 15 is 0 Å². The second-order valence-electron chi connectivity index (χ2n) is 4.98. The largest absolute Gasteiger partial charge is 0.441 e. The average Bonchev–Trinajstić information content (AvgIpc) is 2.94. The highest BCUT2D eigenvalue weighted by Crippen LogP contribution is 2.22. The molecule has 3 aromatic rings.